The standard InChI is InChI=1S/C19H35NO2Se/c1-2-3-4-5-6-7-8-9-10-11-12-13-14-17-18-16(15-23-17)20-19(21)22-18/h16-18H,2-15H2,1H3,(H,20,21)/t16-,17-,18-/m0/s1. The minimum atomic E-state index is -0.185. The molecule has 0 radical (unpaired) electrons. The molecular formula is C19H35NO2Se. The Morgan fingerprint density at radius 3 is 2.13 bits per heavy atom. The quantitative estimate of drug-likeness (QED) is 0.335. The molecule has 0 aliphatic carbocycles. The molecule has 2 aliphatic rings. The molecule has 0 bridgehead atoms. The average Bonchev–Trinajstić information content (AvgIpc) is 3.08. The van der Waals surface area contributed by atoms with E-state index in [-0.39, 0.29) is 12.2 Å². The van der Waals surface area contributed by atoms with Crippen LogP contribution in [0.25, 0.3) is 0 Å². The molecule has 2 saturated heterocycles. The summed E-state index contributed by atoms with van der Waals surface area (Å²) in [7, 11) is 0. The van der Waals surface area contributed by atoms with Crippen molar-refractivity contribution in [3.8, 4) is 0 Å². The number of nitrogens with one attached hydrogen (secondary N) is 1. The molecule has 0 aromatic heterocycles. The third-order valence-electron chi connectivity index (χ3n) is 5.14. The summed E-state index contributed by atoms with van der Waals surface area (Å²) >= 11 is 0.667. The second-order valence-electron chi connectivity index (χ2n) is 7.17. The SMILES string of the molecule is CCCCCCCCCCCCCC[C@@H]1[Se]C[C@@H]2NC(=O)O[C@@H]21. The Morgan fingerprint density at radius 1 is 0.957 bits per heavy atom. The van der Waals surface area contributed by atoms with Crippen molar-refractivity contribution in [1.29, 1.82) is 0 Å². The number of amides is 1. The van der Waals surface area contributed by atoms with Gasteiger partial charge in [0.25, 0.3) is 0 Å². The van der Waals surface area contributed by atoms with E-state index in [0.717, 1.165) is 0 Å². The molecule has 0 spiro atoms. The molecule has 23 heavy (non-hydrogen) atoms. The number of ether oxygens (including phenoxy) is 1. The van der Waals surface area contributed by atoms with E-state index >= 15 is 0 Å². The third-order valence-corrected chi connectivity index (χ3v) is 8.25. The average molecular weight is 388 g/mol. The summed E-state index contributed by atoms with van der Waals surface area (Å²) in [5.41, 5.74) is 0. The maximum atomic E-state index is 11.3. The van der Waals surface area contributed by atoms with Gasteiger partial charge >= 0.3 is 129 Å². The van der Waals surface area contributed by atoms with Crippen molar-refractivity contribution in [1.82, 2.24) is 5.32 Å². The molecule has 4 heteroatoms. The number of hydrogen-bond donors (Lipinski definition) is 1. The van der Waals surface area contributed by atoms with Crippen molar-refractivity contribution in [2.45, 2.75) is 113 Å². The Bertz CT molecular complexity index is 337. The van der Waals surface area contributed by atoms with Crippen LogP contribution in [0.5, 0.6) is 0 Å². The second kappa shape index (κ2) is 11.4. The van der Waals surface area contributed by atoms with Crippen LogP contribution in [-0.2, 0) is 4.74 Å². The molecule has 3 atom stereocenters. The van der Waals surface area contributed by atoms with E-state index in [4.69, 9.17) is 4.74 Å². The number of carbonyl (C=O) groups excluding carboxylic acids is 1. The molecule has 2 rings (SSSR count). The summed E-state index contributed by atoms with van der Waals surface area (Å²) in [6.07, 6.45) is 18.2. The summed E-state index contributed by atoms with van der Waals surface area (Å²) in [4.78, 5) is 11.9. The Labute approximate surface area is 148 Å². The van der Waals surface area contributed by atoms with E-state index in [2.05, 4.69) is 12.2 Å². The van der Waals surface area contributed by atoms with Crippen LogP contribution in [0, 0.1) is 0 Å². The summed E-state index contributed by atoms with van der Waals surface area (Å²) in [6, 6.07) is 0.338. The van der Waals surface area contributed by atoms with Gasteiger partial charge in [0.05, 0.1) is 0 Å². The molecule has 0 aromatic carbocycles. The van der Waals surface area contributed by atoms with Crippen molar-refractivity contribution >= 4 is 21.1 Å². The topological polar surface area (TPSA) is 38.3 Å². The molecule has 2 fully saturated rings. The number of rotatable bonds is 13. The zero-order chi connectivity index (χ0) is 16.3. The van der Waals surface area contributed by atoms with Gasteiger partial charge in [0.1, 0.15) is 0 Å². The molecule has 2 aliphatic heterocycles. The van der Waals surface area contributed by atoms with Crippen LogP contribution in [0.4, 0.5) is 4.79 Å². The van der Waals surface area contributed by atoms with E-state index in [1.54, 1.807) is 0 Å². The Morgan fingerprint density at radius 2 is 1.52 bits per heavy atom. The van der Waals surface area contributed by atoms with Gasteiger partial charge in [-0.1, -0.05) is 19.8 Å². The van der Waals surface area contributed by atoms with Crippen molar-refractivity contribution in [2.24, 2.45) is 0 Å². The first kappa shape index (κ1) is 19.1. The van der Waals surface area contributed by atoms with E-state index in [0.29, 0.717) is 25.8 Å². The number of hydrogen-bond acceptors (Lipinski definition) is 2. The van der Waals surface area contributed by atoms with Gasteiger partial charge in [-0.25, -0.2) is 0 Å². The number of alkyl carbamates (subject to hydrolysis) is 1. The minimum absolute atomic E-state index is 0.185. The van der Waals surface area contributed by atoms with Gasteiger partial charge < -0.3 is 0 Å². The van der Waals surface area contributed by atoms with Crippen LogP contribution in [0.1, 0.15) is 90.4 Å². The van der Waals surface area contributed by atoms with Gasteiger partial charge in [-0.2, -0.15) is 0 Å². The van der Waals surface area contributed by atoms with Crippen LogP contribution < -0.4 is 5.32 Å². The first-order valence-electron chi connectivity index (χ1n) is 9.90. The summed E-state index contributed by atoms with van der Waals surface area (Å²) in [6.45, 7) is 2.28. The fourth-order valence-corrected chi connectivity index (χ4v) is 6.84. The molecule has 3 nitrogen and oxygen atoms in total. The van der Waals surface area contributed by atoms with E-state index in [1.165, 1.54) is 88.8 Å². The van der Waals surface area contributed by atoms with Gasteiger partial charge in [0, 0.05) is 0 Å². The fraction of sp³-hybridized carbons (Fsp3) is 0.947. The van der Waals surface area contributed by atoms with Crippen molar-refractivity contribution in [3.63, 3.8) is 0 Å². The summed E-state index contributed by atoms with van der Waals surface area (Å²) < 4.78 is 5.42. The van der Waals surface area contributed by atoms with Crippen molar-refractivity contribution < 1.29 is 9.53 Å². The zero-order valence-electron chi connectivity index (χ0n) is 14.9. The molecular weight excluding hydrogens is 353 g/mol. The van der Waals surface area contributed by atoms with Crippen LogP contribution in [0.2, 0.25) is 10.1 Å². The second-order valence-corrected chi connectivity index (χ2v) is 9.84. The van der Waals surface area contributed by atoms with Crippen LogP contribution in [0.3, 0.4) is 0 Å². The fourth-order valence-electron chi connectivity index (χ4n) is 3.70. The Kier molecular flexibility index (Phi) is 9.44. The molecule has 134 valence electrons. The van der Waals surface area contributed by atoms with Crippen LogP contribution in [-0.4, -0.2) is 33.2 Å². The summed E-state index contributed by atoms with van der Waals surface area (Å²) in [5.74, 6) is 0. The predicted octanol–water partition coefficient (Wildman–Crippen LogP) is 5.48. The number of unbranched alkanes of at least 4 members (excludes halogenated alkanes) is 11. The summed E-state index contributed by atoms with van der Waals surface area (Å²) in [5, 5.41) is 4.12. The molecule has 0 aromatic rings. The van der Waals surface area contributed by atoms with Gasteiger partial charge in [-0.15, -0.1) is 0 Å². The normalized spacial score (nSPS) is 26.1. The molecule has 0 saturated carbocycles. The van der Waals surface area contributed by atoms with E-state index in [9.17, 15) is 4.79 Å². The van der Waals surface area contributed by atoms with Gasteiger partial charge in [-0.05, 0) is 0 Å². The van der Waals surface area contributed by atoms with Gasteiger partial charge in [0.15, 0.2) is 0 Å². The number of carbonyl (C=O) groups is 1. The first-order valence-corrected chi connectivity index (χ1v) is 12.1. The Hall–Kier alpha value is -0.211. The Balaban J connectivity index is 1.35. The molecule has 2 heterocycles. The third kappa shape index (κ3) is 7.05. The zero-order valence-corrected chi connectivity index (χ0v) is 16.6. The predicted molar refractivity (Wildman–Crippen MR) is 97.2 cm³/mol. The van der Waals surface area contributed by atoms with E-state index in [1.807, 2.05) is 0 Å². The van der Waals surface area contributed by atoms with Crippen molar-refractivity contribution in [3.05, 3.63) is 0 Å². The molecule has 1 amide bonds. The first-order chi connectivity index (χ1) is 11.3. The monoisotopic (exact) mass is 389 g/mol. The van der Waals surface area contributed by atoms with Crippen molar-refractivity contribution in [2.75, 3.05) is 0 Å². The maximum absolute atomic E-state index is 11.3. The van der Waals surface area contributed by atoms with E-state index < -0.39 is 0 Å². The van der Waals surface area contributed by atoms with Crippen LogP contribution >= 0.6 is 0 Å². The van der Waals surface area contributed by atoms with Crippen LogP contribution in [0.15, 0.2) is 0 Å². The molecule has 1 N–H and O–H groups in total. The number of fused-ring (bicyclic) bond motifs is 1. The molecule has 0 unspecified atom stereocenters. The van der Waals surface area contributed by atoms with Gasteiger partial charge in [0.2, 0.25) is 0 Å². The van der Waals surface area contributed by atoms with Gasteiger partial charge in [-0.3, -0.25) is 0 Å².